The van der Waals surface area contributed by atoms with E-state index in [1.165, 1.54) is 4.90 Å². The standard InChI is InChI=1S/C7H10BrNO2/c1-5-2-6(10)9(4-5)7(11)3-8/h5H,2-4H2,1H3. The molecule has 4 heteroatoms. The summed E-state index contributed by atoms with van der Waals surface area (Å²) in [5.41, 5.74) is 0. The van der Waals surface area contributed by atoms with Crippen LogP contribution >= 0.6 is 15.9 Å². The second-order valence-corrected chi connectivity index (χ2v) is 3.40. The van der Waals surface area contributed by atoms with E-state index in [1.54, 1.807) is 0 Å². The van der Waals surface area contributed by atoms with Crippen LogP contribution in [-0.2, 0) is 9.59 Å². The van der Waals surface area contributed by atoms with E-state index in [0.717, 1.165) is 0 Å². The number of amides is 2. The molecule has 1 atom stereocenters. The summed E-state index contributed by atoms with van der Waals surface area (Å²) in [5, 5.41) is 0.242. The number of imide groups is 1. The first-order chi connectivity index (χ1) is 5.15. The summed E-state index contributed by atoms with van der Waals surface area (Å²) in [7, 11) is 0. The lowest BCUT2D eigenvalue weighted by Crippen LogP contribution is -2.32. The van der Waals surface area contributed by atoms with E-state index in [2.05, 4.69) is 15.9 Å². The van der Waals surface area contributed by atoms with Gasteiger partial charge in [-0.3, -0.25) is 14.5 Å². The number of likely N-dealkylation sites (tertiary alicyclic amines) is 1. The van der Waals surface area contributed by atoms with Crippen molar-refractivity contribution >= 4 is 27.7 Å². The van der Waals surface area contributed by atoms with Gasteiger partial charge in [-0.1, -0.05) is 22.9 Å². The van der Waals surface area contributed by atoms with Crippen LogP contribution in [0.25, 0.3) is 0 Å². The quantitative estimate of drug-likeness (QED) is 0.612. The average Bonchev–Trinajstić information content (AvgIpc) is 2.28. The monoisotopic (exact) mass is 219 g/mol. The Morgan fingerprint density at radius 3 is 2.82 bits per heavy atom. The number of halogens is 1. The van der Waals surface area contributed by atoms with Crippen LogP contribution in [0, 0.1) is 5.92 Å². The summed E-state index contributed by atoms with van der Waals surface area (Å²) < 4.78 is 0. The second kappa shape index (κ2) is 3.34. The Hall–Kier alpha value is -0.380. The summed E-state index contributed by atoms with van der Waals surface area (Å²) in [6.07, 6.45) is 0.513. The van der Waals surface area contributed by atoms with Crippen molar-refractivity contribution in [2.75, 3.05) is 11.9 Å². The molecular formula is C7H10BrNO2. The van der Waals surface area contributed by atoms with E-state index in [0.29, 0.717) is 18.9 Å². The molecule has 1 unspecified atom stereocenters. The third-order valence-corrected chi connectivity index (χ3v) is 2.21. The Labute approximate surface area is 73.9 Å². The number of alkyl halides is 1. The minimum Gasteiger partial charge on any atom is -0.282 e. The SMILES string of the molecule is CC1CC(=O)N(C(=O)CBr)C1. The molecule has 62 valence electrons. The van der Waals surface area contributed by atoms with Crippen molar-refractivity contribution in [2.45, 2.75) is 13.3 Å². The molecule has 0 aliphatic carbocycles. The highest BCUT2D eigenvalue weighted by Crippen LogP contribution is 2.16. The Bertz CT molecular complexity index is 185. The first-order valence-electron chi connectivity index (χ1n) is 3.54. The van der Waals surface area contributed by atoms with Gasteiger partial charge in [0.2, 0.25) is 11.8 Å². The Morgan fingerprint density at radius 2 is 2.45 bits per heavy atom. The molecule has 0 aromatic heterocycles. The maximum Gasteiger partial charge on any atom is 0.239 e. The molecule has 11 heavy (non-hydrogen) atoms. The smallest absolute Gasteiger partial charge is 0.239 e. The minimum absolute atomic E-state index is 0.0399. The van der Waals surface area contributed by atoms with Gasteiger partial charge in [-0.15, -0.1) is 0 Å². The number of carbonyl (C=O) groups excluding carboxylic acids is 2. The Kier molecular flexibility index (Phi) is 2.65. The molecule has 1 aliphatic heterocycles. The van der Waals surface area contributed by atoms with Crippen molar-refractivity contribution in [1.82, 2.24) is 4.90 Å². The predicted molar refractivity (Wildman–Crippen MR) is 44.3 cm³/mol. The molecule has 1 heterocycles. The zero-order chi connectivity index (χ0) is 8.43. The molecule has 1 saturated heterocycles. The van der Waals surface area contributed by atoms with E-state index < -0.39 is 0 Å². The van der Waals surface area contributed by atoms with Crippen molar-refractivity contribution in [3.05, 3.63) is 0 Å². The van der Waals surface area contributed by atoms with Gasteiger partial charge in [-0.25, -0.2) is 0 Å². The van der Waals surface area contributed by atoms with E-state index >= 15 is 0 Å². The predicted octanol–water partition coefficient (Wildman–Crippen LogP) is 0.776. The molecule has 0 aromatic carbocycles. The molecule has 0 radical (unpaired) electrons. The van der Waals surface area contributed by atoms with Crippen LogP contribution in [0.3, 0.4) is 0 Å². The van der Waals surface area contributed by atoms with Crippen LogP contribution < -0.4 is 0 Å². The summed E-state index contributed by atoms with van der Waals surface area (Å²) in [4.78, 5) is 23.4. The van der Waals surface area contributed by atoms with E-state index in [4.69, 9.17) is 0 Å². The molecular weight excluding hydrogens is 210 g/mol. The topological polar surface area (TPSA) is 37.4 Å². The lowest BCUT2D eigenvalue weighted by molar-refractivity contribution is -0.139. The lowest BCUT2D eigenvalue weighted by atomic mass is 10.2. The Morgan fingerprint density at radius 1 is 1.82 bits per heavy atom. The highest BCUT2D eigenvalue weighted by Gasteiger charge is 2.30. The molecule has 0 saturated carbocycles. The summed E-state index contributed by atoms with van der Waals surface area (Å²) in [5.74, 6) is 0.159. The average molecular weight is 220 g/mol. The summed E-state index contributed by atoms with van der Waals surface area (Å²) >= 11 is 3.03. The third kappa shape index (κ3) is 1.80. The van der Waals surface area contributed by atoms with Crippen LogP contribution in [0.15, 0.2) is 0 Å². The normalized spacial score (nSPS) is 24.4. The molecule has 2 amide bonds. The summed E-state index contributed by atoms with van der Waals surface area (Å²) in [6, 6.07) is 0. The highest BCUT2D eigenvalue weighted by atomic mass is 79.9. The third-order valence-electron chi connectivity index (χ3n) is 1.73. The molecule has 1 aliphatic rings. The van der Waals surface area contributed by atoms with Crippen molar-refractivity contribution < 1.29 is 9.59 Å². The fraction of sp³-hybridized carbons (Fsp3) is 0.714. The maximum absolute atomic E-state index is 11.1. The number of hydrogen-bond donors (Lipinski definition) is 0. The van der Waals surface area contributed by atoms with Crippen molar-refractivity contribution in [1.29, 1.82) is 0 Å². The number of nitrogens with zero attached hydrogens (tertiary/aromatic N) is 1. The maximum atomic E-state index is 11.1. The fourth-order valence-electron chi connectivity index (χ4n) is 1.20. The molecule has 0 bridgehead atoms. The zero-order valence-electron chi connectivity index (χ0n) is 6.34. The van der Waals surface area contributed by atoms with Crippen molar-refractivity contribution in [3.8, 4) is 0 Å². The van der Waals surface area contributed by atoms with Gasteiger partial charge in [0, 0.05) is 13.0 Å². The van der Waals surface area contributed by atoms with Gasteiger partial charge in [0.1, 0.15) is 0 Å². The van der Waals surface area contributed by atoms with Gasteiger partial charge in [-0.2, -0.15) is 0 Å². The van der Waals surface area contributed by atoms with Gasteiger partial charge in [-0.05, 0) is 5.92 Å². The number of hydrogen-bond acceptors (Lipinski definition) is 2. The van der Waals surface area contributed by atoms with Crippen LogP contribution in [0.2, 0.25) is 0 Å². The van der Waals surface area contributed by atoms with Gasteiger partial charge in [0.05, 0.1) is 5.33 Å². The van der Waals surface area contributed by atoms with Crippen molar-refractivity contribution in [2.24, 2.45) is 5.92 Å². The lowest BCUT2D eigenvalue weighted by Gasteiger charge is -2.11. The van der Waals surface area contributed by atoms with Crippen LogP contribution in [0.4, 0.5) is 0 Å². The second-order valence-electron chi connectivity index (χ2n) is 2.84. The molecule has 0 aromatic rings. The van der Waals surface area contributed by atoms with Crippen LogP contribution in [0.1, 0.15) is 13.3 Å². The van der Waals surface area contributed by atoms with Crippen LogP contribution in [-0.4, -0.2) is 28.6 Å². The minimum atomic E-state index is -0.126. The summed E-state index contributed by atoms with van der Waals surface area (Å²) in [6.45, 7) is 2.56. The molecule has 0 N–H and O–H groups in total. The van der Waals surface area contributed by atoms with E-state index in [9.17, 15) is 9.59 Å². The van der Waals surface area contributed by atoms with E-state index in [-0.39, 0.29) is 17.1 Å². The number of rotatable bonds is 1. The molecule has 1 rings (SSSR count). The largest absolute Gasteiger partial charge is 0.282 e. The van der Waals surface area contributed by atoms with Gasteiger partial charge in [0.15, 0.2) is 0 Å². The fourth-order valence-corrected chi connectivity index (χ4v) is 1.50. The van der Waals surface area contributed by atoms with Gasteiger partial charge in [0.25, 0.3) is 0 Å². The molecule has 0 spiro atoms. The Balaban J connectivity index is 2.60. The molecule has 1 fully saturated rings. The zero-order valence-corrected chi connectivity index (χ0v) is 7.93. The first-order valence-corrected chi connectivity index (χ1v) is 4.66. The highest BCUT2D eigenvalue weighted by molar-refractivity contribution is 9.09. The molecule has 3 nitrogen and oxygen atoms in total. The van der Waals surface area contributed by atoms with Crippen LogP contribution in [0.5, 0.6) is 0 Å². The van der Waals surface area contributed by atoms with Gasteiger partial charge >= 0.3 is 0 Å². The van der Waals surface area contributed by atoms with Gasteiger partial charge < -0.3 is 0 Å². The van der Waals surface area contributed by atoms with Crippen molar-refractivity contribution in [3.63, 3.8) is 0 Å². The first kappa shape index (κ1) is 8.71. The number of carbonyl (C=O) groups is 2. The van der Waals surface area contributed by atoms with E-state index in [1.807, 2.05) is 6.92 Å².